The Balaban J connectivity index is 1.89. The molecule has 212 valence electrons. The van der Waals surface area contributed by atoms with Gasteiger partial charge in [-0.15, -0.1) is 0 Å². The van der Waals surface area contributed by atoms with Crippen LogP contribution in [-0.2, 0) is 33.3 Å². The van der Waals surface area contributed by atoms with E-state index < -0.39 is 65.5 Å². The Kier molecular flexibility index (Phi) is 7.86. The third-order valence-electron chi connectivity index (χ3n) is 5.91. The van der Waals surface area contributed by atoms with Gasteiger partial charge in [-0.3, -0.25) is 19.2 Å². The fourth-order valence-corrected chi connectivity index (χ4v) is 4.36. The van der Waals surface area contributed by atoms with Crippen LogP contribution in [0.15, 0.2) is 45.6 Å². The Labute approximate surface area is 226 Å². The van der Waals surface area contributed by atoms with Crippen molar-refractivity contribution in [3.8, 4) is 34.3 Å². The van der Waals surface area contributed by atoms with Crippen molar-refractivity contribution >= 4 is 28.9 Å². The molecule has 1 aromatic heterocycles. The summed E-state index contributed by atoms with van der Waals surface area (Å²) in [6, 6.07) is 7.54. The highest BCUT2D eigenvalue weighted by Gasteiger charge is 2.52. The molecule has 40 heavy (non-hydrogen) atoms. The lowest BCUT2D eigenvalue weighted by Crippen LogP contribution is -2.62. The number of ether oxygens (including phenoxy) is 5. The quantitative estimate of drug-likeness (QED) is 0.296. The second kappa shape index (κ2) is 11.1. The molecule has 2 unspecified atom stereocenters. The van der Waals surface area contributed by atoms with Crippen LogP contribution in [0.25, 0.3) is 22.3 Å². The molecule has 5 atom stereocenters. The lowest BCUT2D eigenvalue weighted by atomic mass is 9.98. The number of phenolic OH excluding ortho intramolecular Hbond substituents is 3. The maximum atomic E-state index is 13.7. The molecule has 0 aliphatic carbocycles. The van der Waals surface area contributed by atoms with Gasteiger partial charge in [0.25, 0.3) is 0 Å². The molecule has 1 aliphatic rings. The zero-order chi connectivity index (χ0) is 29.3. The SMILES string of the molecule is CC(=O)OC1[C@H](C)OC(Oc2c(-c3ccc(O)cc3)oc3cc(O)cc(O)c3c2=O)[C@H](OC(C)=O)[C@@H]1OC(C)=O. The monoisotopic (exact) mass is 558 g/mol. The van der Waals surface area contributed by atoms with Gasteiger partial charge < -0.3 is 43.4 Å². The number of fused-ring (bicyclic) bond motifs is 1. The molecule has 1 saturated heterocycles. The third kappa shape index (κ3) is 5.78. The van der Waals surface area contributed by atoms with Crippen LogP contribution in [0.3, 0.4) is 0 Å². The zero-order valence-electron chi connectivity index (χ0n) is 21.8. The smallest absolute Gasteiger partial charge is 0.303 e. The first kappa shape index (κ1) is 28.2. The van der Waals surface area contributed by atoms with Crippen LogP contribution in [0.1, 0.15) is 27.7 Å². The number of carbonyl (C=O) groups is 3. The van der Waals surface area contributed by atoms with Gasteiger partial charge in [-0.25, -0.2) is 0 Å². The summed E-state index contributed by atoms with van der Waals surface area (Å²) in [5.74, 6) is -4.08. The Morgan fingerprint density at radius 2 is 1.38 bits per heavy atom. The van der Waals surface area contributed by atoms with Crippen LogP contribution in [0.5, 0.6) is 23.0 Å². The van der Waals surface area contributed by atoms with Gasteiger partial charge in [-0.2, -0.15) is 0 Å². The van der Waals surface area contributed by atoms with Crippen molar-refractivity contribution in [2.75, 3.05) is 0 Å². The van der Waals surface area contributed by atoms with E-state index in [-0.39, 0.29) is 33.8 Å². The standard InChI is InChI=1S/C27H26O13/c1-11-22(36-12(2)28)25(37-13(3)29)26(38-14(4)30)27(35-11)40-24-21(34)20-18(33)9-17(32)10-19(20)39-23(24)15-5-7-16(31)8-6-15/h5-11,22,25-27,31-33H,1-4H3/t11-,22?,25+,26+,27?/m0/s1. The van der Waals surface area contributed by atoms with E-state index in [1.807, 2.05) is 0 Å². The van der Waals surface area contributed by atoms with E-state index in [0.717, 1.165) is 32.9 Å². The predicted molar refractivity (Wildman–Crippen MR) is 135 cm³/mol. The van der Waals surface area contributed by atoms with Crippen molar-refractivity contribution < 1.29 is 57.8 Å². The molecule has 0 saturated carbocycles. The second-order valence-corrected chi connectivity index (χ2v) is 9.02. The molecule has 0 bridgehead atoms. The average molecular weight is 558 g/mol. The molecule has 0 amide bonds. The van der Waals surface area contributed by atoms with Gasteiger partial charge in [-0.05, 0) is 31.2 Å². The fraction of sp³-hybridized carbons (Fsp3) is 0.333. The van der Waals surface area contributed by atoms with Crippen LogP contribution in [0.2, 0.25) is 0 Å². The van der Waals surface area contributed by atoms with Crippen LogP contribution in [0.4, 0.5) is 0 Å². The van der Waals surface area contributed by atoms with Gasteiger partial charge in [-0.1, -0.05) is 0 Å². The maximum absolute atomic E-state index is 13.7. The first-order valence-corrected chi connectivity index (χ1v) is 12.0. The van der Waals surface area contributed by atoms with Gasteiger partial charge in [0.1, 0.15) is 28.2 Å². The Morgan fingerprint density at radius 1 is 0.800 bits per heavy atom. The maximum Gasteiger partial charge on any atom is 0.303 e. The summed E-state index contributed by atoms with van der Waals surface area (Å²) >= 11 is 0. The lowest BCUT2D eigenvalue weighted by Gasteiger charge is -2.43. The number of hydrogen-bond acceptors (Lipinski definition) is 13. The molecular weight excluding hydrogens is 532 g/mol. The Bertz CT molecular complexity index is 1510. The van der Waals surface area contributed by atoms with E-state index in [2.05, 4.69) is 0 Å². The highest BCUT2D eigenvalue weighted by atomic mass is 16.7. The van der Waals surface area contributed by atoms with E-state index in [4.69, 9.17) is 28.1 Å². The Hall–Kier alpha value is -4.78. The molecule has 0 radical (unpaired) electrons. The summed E-state index contributed by atoms with van der Waals surface area (Å²) in [6.45, 7) is 4.81. The summed E-state index contributed by atoms with van der Waals surface area (Å²) in [7, 11) is 0. The highest BCUT2D eigenvalue weighted by Crippen LogP contribution is 2.38. The number of phenols is 3. The summed E-state index contributed by atoms with van der Waals surface area (Å²) in [5, 5.41) is 29.8. The van der Waals surface area contributed by atoms with Crippen molar-refractivity contribution in [1.29, 1.82) is 0 Å². The fourth-order valence-electron chi connectivity index (χ4n) is 4.36. The zero-order valence-corrected chi connectivity index (χ0v) is 21.8. The van der Waals surface area contributed by atoms with Gasteiger partial charge in [0.15, 0.2) is 18.0 Å². The van der Waals surface area contributed by atoms with E-state index in [1.165, 1.54) is 31.2 Å². The molecule has 2 aromatic carbocycles. The summed E-state index contributed by atoms with van der Waals surface area (Å²) in [4.78, 5) is 49.5. The van der Waals surface area contributed by atoms with E-state index in [1.54, 1.807) is 0 Å². The molecule has 1 aliphatic heterocycles. The highest BCUT2D eigenvalue weighted by molar-refractivity contribution is 5.88. The number of carbonyl (C=O) groups excluding carboxylic acids is 3. The van der Waals surface area contributed by atoms with Crippen molar-refractivity contribution in [2.24, 2.45) is 0 Å². The molecule has 3 N–H and O–H groups in total. The van der Waals surface area contributed by atoms with Crippen molar-refractivity contribution in [3.63, 3.8) is 0 Å². The first-order valence-electron chi connectivity index (χ1n) is 12.0. The minimum absolute atomic E-state index is 0.0789. The first-order chi connectivity index (χ1) is 18.8. The number of rotatable bonds is 6. The molecule has 3 aromatic rings. The minimum atomic E-state index is -1.61. The van der Waals surface area contributed by atoms with Crippen molar-refractivity contribution in [2.45, 2.75) is 58.4 Å². The third-order valence-corrected chi connectivity index (χ3v) is 5.91. The average Bonchev–Trinajstić information content (AvgIpc) is 2.84. The van der Waals surface area contributed by atoms with Crippen LogP contribution in [0, 0.1) is 0 Å². The Morgan fingerprint density at radius 3 is 1.98 bits per heavy atom. The summed E-state index contributed by atoms with van der Waals surface area (Å²) in [5.41, 5.74) is -0.817. The predicted octanol–water partition coefficient (Wildman–Crippen LogP) is 2.50. The second-order valence-electron chi connectivity index (χ2n) is 9.02. The topological polar surface area (TPSA) is 188 Å². The summed E-state index contributed by atoms with van der Waals surface area (Å²) in [6.07, 6.45) is -6.72. The molecule has 13 nitrogen and oxygen atoms in total. The number of aromatic hydroxyl groups is 3. The largest absolute Gasteiger partial charge is 0.508 e. The van der Waals surface area contributed by atoms with E-state index in [0.29, 0.717) is 0 Å². The van der Waals surface area contributed by atoms with E-state index >= 15 is 0 Å². The van der Waals surface area contributed by atoms with Crippen LogP contribution in [-0.4, -0.2) is 63.9 Å². The molecular formula is C27H26O13. The van der Waals surface area contributed by atoms with Crippen molar-refractivity contribution in [1.82, 2.24) is 0 Å². The van der Waals surface area contributed by atoms with Crippen LogP contribution < -0.4 is 10.2 Å². The molecule has 4 rings (SSSR count). The van der Waals surface area contributed by atoms with Gasteiger partial charge in [0.2, 0.25) is 23.6 Å². The molecule has 2 heterocycles. The number of hydrogen-bond donors (Lipinski definition) is 3. The lowest BCUT2D eigenvalue weighted by molar-refractivity contribution is -0.280. The van der Waals surface area contributed by atoms with Gasteiger partial charge in [0.05, 0.1) is 6.10 Å². The van der Waals surface area contributed by atoms with Gasteiger partial charge in [0, 0.05) is 38.5 Å². The minimum Gasteiger partial charge on any atom is -0.508 e. The van der Waals surface area contributed by atoms with Crippen molar-refractivity contribution in [3.05, 3.63) is 46.6 Å². The van der Waals surface area contributed by atoms with Gasteiger partial charge >= 0.3 is 17.9 Å². The number of esters is 3. The normalized spacial score (nSPS) is 22.4. The van der Waals surface area contributed by atoms with Crippen LogP contribution >= 0.6 is 0 Å². The molecule has 1 fully saturated rings. The summed E-state index contributed by atoms with van der Waals surface area (Å²) < 4.78 is 33.7. The number of benzene rings is 2. The van der Waals surface area contributed by atoms with E-state index in [9.17, 15) is 34.5 Å². The molecule has 13 heteroatoms. The molecule has 0 spiro atoms.